The van der Waals surface area contributed by atoms with Crippen molar-refractivity contribution < 1.29 is 8.95 Å². The predicted octanol–water partition coefficient (Wildman–Crippen LogP) is 1.70. The first kappa shape index (κ1) is 13.7. The highest BCUT2D eigenvalue weighted by Gasteiger charge is 2.29. The molecule has 0 aromatic heterocycles. The zero-order valence-electron chi connectivity index (χ0n) is 10.8. The highest BCUT2D eigenvalue weighted by atomic mass is 32.2. The van der Waals surface area contributed by atoms with Gasteiger partial charge in [0.1, 0.15) is 0 Å². The molecule has 1 aliphatic heterocycles. The number of hydrogen-bond donors (Lipinski definition) is 1. The Balaban J connectivity index is 1.98. The molecule has 100 valence electrons. The van der Waals surface area contributed by atoms with Crippen molar-refractivity contribution in [3.8, 4) is 0 Å². The van der Waals surface area contributed by atoms with Crippen LogP contribution < -0.4 is 5.32 Å². The van der Waals surface area contributed by atoms with E-state index in [1.165, 1.54) is 0 Å². The van der Waals surface area contributed by atoms with Crippen molar-refractivity contribution in [3.05, 3.63) is 35.9 Å². The van der Waals surface area contributed by atoms with E-state index in [0.29, 0.717) is 18.4 Å². The topological polar surface area (TPSA) is 38.3 Å². The van der Waals surface area contributed by atoms with E-state index in [9.17, 15) is 4.21 Å². The second-order valence-electron chi connectivity index (χ2n) is 4.58. The Morgan fingerprint density at radius 3 is 2.89 bits per heavy atom. The van der Waals surface area contributed by atoms with Gasteiger partial charge in [0, 0.05) is 29.2 Å². The first-order valence-corrected chi connectivity index (χ1v) is 7.91. The van der Waals surface area contributed by atoms with Gasteiger partial charge in [-0.05, 0) is 18.5 Å². The summed E-state index contributed by atoms with van der Waals surface area (Å²) in [5, 5.41) is 3.54. The van der Waals surface area contributed by atoms with Crippen LogP contribution in [0.2, 0.25) is 0 Å². The molecule has 0 aliphatic carbocycles. The van der Waals surface area contributed by atoms with Crippen LogP contribution in [-0.2, 0) is 21.3 Å². The summed E-state index contributed by atoms with van der Waals surface area (Å²) in [5.41, 5.74) is 1.14. The lowest BCUT2D eigenvalue weighted by Gasteiger charge is -2.31. The molecule has 1 aromatic carbocycles. The van der Waals surface area contributed by atoms with Crippen LogP contribution >= 0.6 is 0 Å². The highest BCUT2D eigenvalue weighted by Crippen LogP contribution is 2.16. The van der Waals surface area contributed by atoms with Gasteiger partial charge in [0.2, 0.25) is 0 Å². The second kappa shape index (κ2) is 7.02. The molecule has 1 aromatic rings. The lowest BCUT2D eigenvalue weighted by atomic mass is 10.1. The van der Waals surface area contributed by atoms with E-state index in [2.05, 4.69) is 12.2 Å². The van der Waals surface area contributed by atoms with Gasteiger partial charge in [-0.3, -0.25) is 4.21 Å². The number of hydrogen-bond acceptors (Lipinski definition) is 3. The summed E-state index contributed by atoms with van der Waals surface area (Å²) in [6.07, 6.45) is 0.957. The molecule has 1 fully saturated rings. The molecule has 18 heavy (non-hydrogen) atoms. The third-order valence-corrected chi connectivity index (χ3v) is 5.02. The Morgan fingerprint density at radius 2 is 2.17 bits per heavy atom. The molecule has 2 rings (SSSR count). The van der Waals surface area contributed by atoms with E-state index in [1.54, 1.807) is 0 Å². The van der Waals surface area contributed by atoms with Gasteiger partial charge in [-0.15, -0.1) is 0 Å². The molecule has 0 radical (unpaired) electrons. The lowest BCUT2D eigenvalue weighted by molar-refractivity contribution is 0.0824. The molecular weight excluding hydrogens is 246 g/mol. The minimum absolute atomic E-state index is 0.110. The zero-order chi connectivity index (χ0) is 12.8. The highest BCUT2D eigenvalue weighted by molar-refractivity contribution is 7.84. The zero-order valence-corrected chi connectivity index (χ0v) is 11.6. The smallest absolute Gasteiger partial charge is 0.0738 e. The number of rotatable bonds is 5. The Hall–Kier alpha value is -0.710. The maximum Gasteiger partial charge on any atom is 0.0738 e. The van der Waals surface area contributed by atoms with E-state index in [0.717, 1.165) is 25.1 Å². The largest absolute Gasteiger partial charge is 0.380 e. The Morgan fingerprint density at radius 1 is 1.39 bits per heavy atom. The predicted molar refractivity (Wildman–Crippen MR) is 75.0 cm³/mol. The van der Waals surface area contributed by atoms with Gasteiger partial charge in [0.25, 0.3) is 0 Å². The van der Waals surface area contributed by atoms with Crippen LogP contribution in [0, 0.1) is 0 Å². The summed E-state index contributed by atoms with van der Waals surface area (Å²) in [6, 6.07) is 10.4. The van der Waals surface area contributed by atoms with Crippen LogP contribution in [0.4, 0.5) is 0 Å². The fraction of sp³-hybridized carbons (Fsp3) is 0.571. The van der Waals surface area contributed by atoms with Gasteiger partial charge < -0.3 is 10.1 Å². The first-order chi connectivity index (χ1) is 8.81. The van der Waals surface area contributed by atoms with E-state index in [4.69, 9.17) is 4.74 Å². The normalized spacial score (nSPS) is 25.8. The van der Waals surface area contributed by atoms with Crippen LogP contribution in [0.5, 0.6) is 0 Å². The number of nitrogens with one attached hydrogen (secondary N) is 1. The Labute approximate surface area is 111 Å². The molecule has 4 heteroatoms. The van der Waals surface area contributed by atoms with Gasteiger partial charge in [-0.25, -0.2) is 0 Å². The minimum Gasteiger partial charge on any atom is -0.380 e. The van der Waals surface area contributed by atoms with Crippen molar-refractivity contribution in [2.24, 2.45) is 0 Å². The number of ether oxygens (including phenoxy) is 1. The molecule has 1 N–H and O–H groups in total. The summed E-state index contributed by atoms with van der Waals surface area (Å²) in [7, 11) is -0.876. The van der Waals surface area contributed by atoms with Crippen LogP contribution in [0.3, 0.4) is 0 Å². The molecule has 3 atom stereocenters. The monoisotopic (exact) mass is 267 g/mol. The van der Waals surface area contributed by atoms with Gasteiger partial charge in [-0.1, -0.05) is 37.3 Å². The second-order valence-corrected chi connectivity index (χ2v) is 6.23. The van der Waals surface area contributed by atoms with E-state index in [1.807, 2.05) is 30.3 Å². The maximum atomic E-state index is 12.4. The van der Waals surface area contributed by atoms with Crippen molar-refractivity contribution in [2.45, 2.75) is 30.4 Å². The summed E-state index contributed by atoms with van der Waals surface area (Å²) in [4.78, 5) is 0. The van der Waals surface area contributed by atoms with Crippen LogP contribution in [0.15, 0.2) is 30.3 Å². The van der Waals surface area contributed by atoms with E-state index < -0.39 is 10.8 Å². The van der Waals surface area contributed by atoms with Crippen molar-refractivity contribution >= 4 is 10.8 Å². The molecule has 0 amide bonds. The Kier molecular flexibility index (Phi) is 5.35. The van der Waals surface area contributed by atoms with Crippen LogP contribution in [0.1, 0.15) is 18.9 Å². The summed E-state index contributed by atoms with van der Waals surface area (Å²) < 4.78 is 17.9. The molecule has 1 saturated heterocycles. The lowest BCUT2D eigenvalue weighted by Crippen LogP contribution is -2.48. The quantitative estimate of drug-likeness (QED) is 0.882. The fourth-order valence-corrected chi connectivity index (χ4v) is 3.89. The van der Waals surface area contributed by atoms with Crippen LogP contribution in [0.25, 0.3) is 0 Å². The third kappa shape index (κ3) is 3.64. The average molecular weight is 267 g/mol. The van der Waals surface area contributed by atoms with Gasteiger partial charge in [-0.2, -0.15) is 0 Å². The summed E-state index contributed by atoms with van der Waals surface area (Å²) in [5.74, 6) is 0.622. The van der Waals surface area contributed by atoms with Crippen molar-refractivity contribution in [2.75, 3.05) is 19.8 Å². The molecule has 1 aliphatic rings. The van der Waals surface area contributed by atoms with Crippen molar-refractivity contribution in [3.63, 3.8) is 0 Å². The Bertz CT molecular complexity index is 381. The first-order valence-electron chi connectivity index (χ1n) is 6.53. The van der Waals surface area contributed by atoms with Gasteiger partial charge in [0.05, 0.1) is 11.9 Å². The molecule has 1 heterocycles. The minimum atomic E-state index is -0.876. The van der Waals surface area contributed by atoms with E-state index >= 15 is 0 Å². The molecule has 0 bridgehead atoms. The van der Waals surface area contributed by atoms with Gasteiger partial charge >= 0.3 is 0 Å². The molecule has 0 spiro atoms. The average Bonchev–Trinajstić information content (AvgIpc) is 2.41. The van der Waals surface area contributed by atoms with Crippen molar-refractivity contribution in [1.29, 1.82) is 0 Å². The van der Waals surface area contributed by atoms with Crippen molar-refractivity contribution in [1.82, 2.24) is 5.32 Å². The van der Waals surface area contributed by atoms with E-state index in [-0.39, 0.29) is 5.25 Å². The van der Waals surface area contributed by atoms with Gasteiger partial charge in [0.15, 0.2) is 0 Å². The standard InChI is InChI=1S/C14H21NO2S/c1-2-15-13-8-9-17-10-14(13)18(16)11-12-6-4-3-5-7-12/h3-7,13-15H,2,8-11H2,1H3. The third-order valence-electron chi connectivity index (χ3n) is 3.26. The molecule has 3 unspecified atom stereocenters. The SMILES string of the molecule is CCNC1CCOCC1S(=O)Cc1ccccc1. The van der Waals surface area contributed by atoms with Crippen LogP contribution in [-0.4, -0.2) is 35.3 Å². The number of benzene rings is 1. The maximum absolute atomic E-state index is 12.4. The summed E-state index contributed by atoms with van der Waals surface area (Å²) in [6.45, 7) is 4.39. The summed E-state index contributed by atoms with van der Waals surface area (Å²) >= 11 is 0. The molecule has 0 saturated carbocycles. The fourth-order valence-electron chi connectivity index (χ4n) is 2.31. The molecular formula is C14H21NO2S. The molecule has 3 nitrogen and oxygen atoms in total.